The van der Waals surface area contributed by atoms with Crippen molar-refractivity contribution in [2.45, 2.75) is 78.6 Å². The molecule has 1 amide bonds. The Morgan fingerprint density at radius 3 is 2.29 bits per heavy atom. The molecular formula is C17H33NO2S. The highest BCUT2D eigenvalue weighted by molar-refractivity contribution is 8.13. The predicted octanol–water partition coefficient (Wildman–Crippen LogP) is 4.55. The van der Waals surface area contributed by atoms with Crippen LogP contribution in [0.25, 0.3) is 0 Å². The number of rotatable bonds is 13. The van der Waals surface area contributed by atoms with Crippen molar-refractivity contribution in [2.75, 3.05) is 12.3 Å². The fraction of sp³-hybridized carbons (Fsp3) is 0.882. The molecule has 0 spiro atoms. The number of unbranched alkanes of at least 4 members (excludes halogenated alkanes) is 6. The molecule has 0 aromatic heterocycles. The lowest BCUT2D eigenvalue weighted by molar-refractivity contribution is -0.119. The fourth-order valence-electron chi connectivity index (χ4n) is 2.29. The normalized spacial score (nSPS) is 12.1. The van der Waals surface area contributed by atoms with Crippen molar-refractivity contribution in [3.05, 3.63) is 0 Å². The van der Waals surface area contributed by atoms with Crippen LogP contribution in [0.15, 0.2) is 0 Å². The third kappa shape index (κ3) is 15.7. The van der Waals surface area contributed by atoms with E-state index in [-0.39, 0.29) is 11.0 Å². The number of thioether (sulfide) groups is 1. The average molecular weight is 316 g/mol. The van der Waals surface area contributed by atoms with Crippen molar-refractivity contribution in [2.24, 2.45) is 5.92 Å². The van der Waals surface area contributed by atoms with E-state index in [0.717, 1.165) is 6.42 Å². The van der Waals surface area contributed by atoms with Gasteiger partial charge in [0, 0.05) is 25.6 Å². The molecular weight excluding hydrogens is 282 g/mol. The molecule has 0 bridgehead atoms. The number of carbonyl (C=O) groups excluding carboxylic acids is 2. The molecule has 21 heavy (non-hydrogen) atoms. The molecule has 0 fully saturated rings. The van der Waals surface area contributed by atoms with Crippen LogP contribution in [-0.2, 0) is 9.59 Å². The van der Waals surface area contributed by atoms with Gasteiger partial charge in [-0.05, 0) is 5.92 Å². The minimum absolute atomic E-state index is 0.0321. The summed E-state index contributed by atoms with van der Waals surface area (Å²) in [4.78, 5) is 22.4. The third-order valence-corrected chi connectivity index (χ3v) is 4.45. The maximum atomic E-state index is 11.8. The molecule has 0 saturated carbocycles. The van der Waals surface area contributed by atoms with E-state index in [4.69, 9.17) is 0 Å². The SMILES string of the molecule is CCCCCCCCCC(C)CC(=O)SCCNC(C)=O. The topological polar surface area (TPSA) is 46.2 Å². The predicted molar refractivity (Wildman–Crippen MR) is 92.5 cm³/mol. The van der Waals surface area contributed by atoms with Gasteiger partial charge in [-0.15, -0.1) is 0 Å². The summed E-state index contributed by atoms with van der Waals surface area (Å²) in [6.07, 6.45) is 11.1. The molecule has 4 heteroatoms. The zero-order valence-electron chi connectivity index (χ0n) is 14.1. The van der Waals surface area contributed by atoms with E-state index in [0.29, 0.717) is 24.6 Å². The van der Waals surface area contributed by atoms with Gasteiger partial charge in [-0.3, -0.25) is 9.59 Å². The summed E-state index contributed by atoms with van der Waals surface area (Å²) < 4.78 is 0. The first-order valence-corrected chi connectivity index (χ1v) is 9.44. The van der Waals surface area contributed by atoms with E-state index in [1.807, 2.05) is 0 Å². The Kier molecular flexibility index (Phi) is 14.1. The first-order chi connectivity index (χ1) is 10.1. The Morgan fingerprint density at radius 1 is 1.05 bits per heavy atom. The minimum Gasteiger partial charge on any atom is -0.356 e. The molecule has 0 rings (SSSR count). The Hall–Kier alpha value is -0.510. The summed E-state index contributed by atoms with van der Waals surface area (Å²) in [6.45, 7) is 6.49. The molecule has 0 heterocycles. The number of carbonyl (C=O) groups is 2. The van der Waals surface area contributed by atoms with Crippen LogP contribution in [0.2, 0.25) is 0 Å². The Morgan fingerprint density at radius 2 is 1.67 bits per heavy atom. The van der Waals surface area contributed by atoms with Gasteiger partial charge in [-0.1, -0.05) is 77.0 Å². The molecule has 124 valence electrons. The summed E-state index contributed by atoms with van der Waals surface area (Å²) >= 11 is 1.35. The Balaban J connectivity index is 3.41. The van der Waals surface area contributed by atoms with E-state index < -0.39 is 0 Å². The average Bonchev–Trinajstić information content (AvgIpc) is 2.42. The van der Waals surface area contributed by atoms with E-state index in [1.165, 1.54) is 63.6 Å². The summed E-state index contributed by atoms with van der Waals surface area (Å²) in [5, 5.41) is 2.96. The number of hydrogen-bond acceptors (Lipinski definition) is 3. The largest absolute Gasteiger partial charge is 0.356 e. The smallest absolute Gasteiger partial charge is 0.216 e. The Bertz CT molecular complexity index is 282. The molecule has 0 aliphatic carbocycles. The van der Waals surface area contributed by atoms with Gasteiger partial charge in [0.25, 0.3) is 0 Å². The van der Waals surface area contributed by atoms with Crippen molar-refractivity contribution < 1.29 is 9.59 Å². The van der Waals surface area contributed by atoms with Crippen molar-refractivity contribution in [1.82, 2.24) is 5.32 Å². The number of amides is 1. The summed E-state index contributed by atoms with van der Waals surface area (Å²) in [7, 11) is 0. The third-order valence-electron chi connectivity index (χ3n) is 3.55. The van der Waals surface area contributed by atoms with E-state index in [2.05, 4.69) is 19.2 Å². The molecule has 1 N–H and O–H groups in total. The standard InChI is InChI=1S/C17H33NO2S/c1-4-5-6-7-8-9-10-11-15(2)14-17(20)21-13-12-18-16(3)19/h15H,4-14H2,1-3H3,(H,18,19). The zero-order chi connectivity index (χ0) is 15.9. The molecule has 3 nitrogen and oxygen atoms in total. The van der Waals surface area contributed by atoms with Gasteiger partial charge in [-0.25, -0.2) is 0 Å². The second kappa shape index (κ2) is 14.4. The van der Waals surface area contributed by atoms with Gasteiger partial charge in [0.1, 0.15) is 0 Å². The molecule has 1 unspecified atom stereocenters. The van der Waals surface area contributed by atoms with Gasteiger partial charge in [0.05, 0.1) is 0 Å². The van der Waals surface area contributed by atoms with Crippen molar-refractivity contribution in [1.29, 1.82) is 0 Å². The lowest BCUT2D eigenvalue weighted by Gasteiger charge is -2.10. The first kappa shape index (κ1) is 20.5. The van der Waals surface area contributed by atoms with Crippen molar-refractivity contribution in [3.8, 4) is 0 Å². The molecule has 0 aromatic carbocycles. The van der Waals surface area contributed by atoms with Crippen LogP contribution in [0.5, 0.6) is 0 Å². The number of hydrogen-bond donors (Lipinski definition) is 1. The Labute approximate surface area is 135 Å². The lowest BCUT2D eigenvalue weighted by atomic mass is 9.99. The maximum absolute atomic E-state index is 11.8. The van der Waals surface area contributed by atoms with Crippen LogP contribution in [0, 0.1) is 5.92 Å². The molecule has 0 aromatic rings. The fourth-order valence-corrected chi connectivity index (χ4v) is 3.12. The highest BCUT2D eigenvalue weighted by Crippen LogP contribution is 2.18. The summed E-state index contributed by atoms with van der Waals surface area (Å²) in [5.41, 5.74) is 0. The zero-order valence-corrected chi connectivity index (χ0v) is 14.9. The molecule has 1 atom stereocenters. The van der Waals surface area contributed by atoms with Gasteiger partial charge in [0.2, 0.25) is 5.91 Å². The van der Waals surface area contributed by atoms with Crippen LogP contribution >= 0.6 is 11.8 Å². The van der Waals surface area contributed by atoms with Gasteiger partial charge in [-0.2, -0.15) is 0 Å². The number of nitrogens with one attached hydrogen (secondary N) is 1. The van der Waals surface area contributed by atoms with Crippen LogP contribution in [0.1, 0.15) is 78.6 Å². The van der Waals surface area contributed by atoms with E-state index >= 15 is 0 Å². The monoisotopic (exact) mass is 315 g/mol. The van der Waals surface area contributed by atoms with Crippen LogP contribution < -0.4 is 5.32 Å². The first-order valence-electron chi connectivity index (χ1n) is 8.46. The van der Waals surface area contributed by atoms with Crippen LogP contribution in [0.3, 0.4) is 0 Å². The summed E-state index contributed by atoms with van der Waals surface area (Å²) in [5.74, 6) is 1.14. The molecule has 0 aliphatic rings. The van der Waals surface area contributed by atoms with Crippen molar-refractivity contribution in [3.63, 3.8) is 0 Å². The van der Waals surface area contributed by atoms with Gasteiger partial charge >= 0.3 is 0 Å². The molecule has 0 aliphatic heterocycles. The highest BCUT2D eigenvalue weighted by atomic mass is 32.2. The lowest BCUT2D eigenvalue weighted by Crippen LogP contribution is -2.22. The van der Waals surface area contributed by atoms with Crippen molar-refractivity contribution >= 4 is 22.8 Å². The molecule has 0 radical (unpaired) electrons. The maximum Gasteiger partial charge on any atom is 0.216 e. The van der Waals surface area contributed by atoms with Gasteiger partial charge in [0.15, 0.2) is 5.12 Å². The van der Waals surface area contributed by atoms with E-state index in [1.54, 1.807) is 0 Å². The molecule has 0 saturated heterocycles. The summed E-state index contributed by atoms with van der Waals surface area (Å²) in [6, 6.07) is 0. The second-order valence-electron chi connectivity index (χ2n) is 5.92. The quantitative estimate of drug-likeness (QED) is 0.507. The van der Waals surface area contributed by atoms with E-state index in [9.17, 15) is 9.59 Å². The van der Waals surface area contributed by atoms with Crippen LogP contribution in [-0.4, -0.2) is 23.3 Å². The minimum atomic E-state index is -0.0321. The van der Waals surface area contributed by atoms with Crippen LogP contribution in [0.4, 0.5) is 0 Å². The van der Waals surface area contributed by atoms with Gasteiger partial charge < -0.3 is 5.32 Å². The highest BCUT2D eigenvalue weighted by Gasteiger charge is 2.09. The second-order valence-corrected chi connectivity index (χ2v) is 7.07.